The molecule has 4 heteroatoms. The molecule has 0 saturated carbocycles. The average molecular weight is 277 g/mol. The van der Waals surface area contributed by atoms with Crippen molar-refractivity contribution in [1.82, 2.24) is 0 Å². The van der Waals surface area contributed by atoms with E-state index in [1.165, 1.54) is 12.1 Å². The van der Waals surface area contributed by atoms with Gasteiger partial charge in [0.05, 0.1) is 5.56 Å². The van der Waals surface area contributed by atoms with E-state index in [0.29, 0.717) is 16.3 Å². The molecule has 0 fully saturated rings. The molecule has 0 saturated heterocycles. The van der Waals surface area contributed by atoms with Gasteiger partial charge in [0, 0.05) is 5.39 Å². The summed E-state index contributed by atoms with van der Waals surface area (Å²) in [6, 6.07) is 5.50. The third-order valence-corrected chi connectivity index (χ3v) is 2.88. The molecule has 2 aromatic rings. The topological polar surface area (TPSA) is 44.0 Å². The Bertz CT molecular complexity index is 672. The molecule has 2 nitrogen and oxygen atoms in total. The SMILES string of the molecule is CC.CC(C)c1cc(O)cc2cc(F)c(F)c(C#N)c12. The van der Waals surface area contributed by atoms with Crippen molar-refractivity contribution in [1.29, 1.82) is 5.26 Å². The lowest BCUT2D eigenvalue weighted by atomic mass is 9.92. The van der Waals surface area contributed by atoms with Crippen LogP contribution < -0.4 is 0 Å². The Hall–Kier alpha value is -2.15. The summed E-state index contributed by atoms with van der Waals surface area (Å²) in [7, 11) is 0. The Labute approximate surface area is 117 Å². The molecule has 0 heterocycles. The predicted octanol–water partition coefficient (Wildman–Crippen LogP) is 4.84. The van der Waals surface area contributed by atoms with Gasteiger partial charge in [-0.05, 0) is 35.1 Å². The highest BCUT2D eigenvalue weighted by molar-refractivity contribution is 5.92. The normalized spacial score (nSPS) is 10.1. The van der Waals surface area contributed by atoms with Crippen LogP contribution in [-0.4, -0.2) is 5.11 Å². The molecule has 106 valence electrons. The molecule has 0 bridgehead atoms. The Morgan fingerprint density at radius 1 is 1.15 bits per heavy atom. The van der Waals surface area contributed by atoms with Gasteiger partial charge in [-0.15, -0.1) is 0 Å². The molecule has 1 N–H and O–H groups in total. The van der Waals surface area contributed by atoms with Crippen LogP contribution >= 0.6 is 0 Å². The van der Waals surface area contributed by atoms with Gasteiger partial charge in [0.1, 0.15) is 11.8 Å². The Morgan fingerprint density at radius 3 is 2.25 bits per heavy atom. The zero-order chi connectivity index (χ0) is 15.4. The van der Waals surface area contributed by atoms with Gasteiger partial charge in [0.15, 0.2) is 11.6 Å². The summed E-state index contributed by atoms with van der Waals surface area (Å²) in [6.07, 6.45) is 0. The molecule has 0 aliphatic rings. The van der Waals surface area contributed by atoms with Crippen molar-refractivity contribution in [2.24, 2.45) is 0 Å². The monoisotopic (exact) mass is 277 g/mol. The van der Waals surface area contributed by atoms with Crippen molar-refractivity contribution in [2.45, 2.75) is 33.6 Å². The summed E-state index contributed by atoms with van der Waals surface area (Å²) in [4.78, 5) is 0. The summed E-state index contributed by atoms with van der Waals surface area (Å²) in [6.45, 7) is 7.72. The molecular weight excluding hydrogens is 260 g/mol. The second-order valence-electron chi connectivity index (χ2n) is 4.45. The number of phenols is 1. The maximum Gasteiger partial charge on any atom is 0.177 e. The lowest BCUT2D eigenvalue weighted by molar-refractivity contribution is 0.474. The standard InChI is InChI=1S/C14H11F2NO.C2H6/c1-7(2)10-5-9(18)3-8-4-12(15)14(16)11(6-17)13(8)10;1-2/h3-5,7,18H,1-2H3;1-2H3. The van der Waals surface area contributed by atoms with E-state index in [2.05, 4.69) is 0 Å². The molecule has 0 unspecified atom stereocenters. The third-order valence-electron chi connectivity index (χ3n) is 2.88. The quantitative estimate of drug-likeness (QED) is 0.810. The van der Waals surface area contributed by atoms with Crippen molar-refractivity contribution in [3.63, 3.8) is 0 Å². The third kappa shape index (κ3) is 2.72. The van der Waals surface area contributed by atoms with Crippen molar-refractivity contribution in [3.05, 3.63) is 41.0 Å². The van der Waals surface area contributed by atoms with E-state index in [4.69, 9.17) is 5.26 Å². The molecular formula is C16H17F2NO. The predicted molar refractivity (Wildman–Crippen MR) is 75.7 cm³/mol. The highest BCUT2D eigenvalue weighted by atomic mass is 19.2. The smallest absolute Gasteiger partial charge is 0.177 e. The zero-order valence-electron chi connectivity index (χ0n) is 12.0. The van der Waals surface area contributed by atoms with Gasteiger partial charge in [-0.25, -0.2) is 8.78 Å². The number of halogens is 2. The first kappa shape index (κ1) is 15.9. The number of phenolic OH excluding ortho intramolecular Hbond substituents is 1. The van der Waals surface area contributed by atoms with E-state index in [0.717, 1.165) is 6.07 Å². The molecule has 2 rings (SSSR count). The maximum absolute atomic E-state index is 13.6. The lowest BCUT2D eigenvalue weighted by Gasteiger charge is -2.13. The van der Waals surface area contributed by atoms with Crippen LogP contribution in [0.3, 0.4) is 0 Å². The van der Waals surface area contributed by atoms with E-state index in [-0.39, 0.29) is 17.2 Å². The van der Waals surface area contributed by atoms with Crippen LogP contribution in [0.2, 0.25) is 0 Å². The van der Waals surface area contributed by atoms with Crippen LogP contribution in [-0.2, 0) is 0 Å². The molecule has 0 spiro atoms. The first-order valence-electron chi connectivity index (χ1n) is 6.50. The number of fused-ring (bicyclic) bond motifs is 1. The first-order chi connectivity index (χ1) is 9.45. The van der Waals surface area contributed by atoms with Crippen LogP contribution in [0.1, 0.15) is 44.7 Å². The lowest BCUT2D eigenvalue weighted by Crippen LogP contribution is -1.97. The average Bonchev–Trinajstić information content (AvgIpc) is 2.42. The summed E-state index contributed by atoms with van der Waals surface area (Å²) in [5.41, 5.74) is 0.314. The number of hydrogen-bond acceptors (Lipinski definition) is 2. The van der Waals surface area contributed by atoms with Gasteiger partial charge >= 0.3 is 0 Å². The summed E-state index contributed by atoms with van der Waals surface area (Å²) in [5.74, 6) is -2.27. The van der Waals surface area contributed by atoms with Gasteiger partial charge in [0.2, 0.25) is 0 Å². The minimum absolute atomic E-state index is 0.0171. The Kier molecular flexibility index (Phi) is 5.04. The minimum atomic E-state index is -1.14. The van der Waals surface area contributed by atoms with Gasteiger partial charge in [-0.1, -0.05) is 27.7 Å². The highest BCUT2D eigenvalue weighted by Gasteiger charge is 2.18. The molecule has 0 aliphatic heterocycles. The molecule has 0 aromatic heterocycles. The number of aromatic hydroxyl groups is 1. The van der Waals surface area contributed by atoms with Crippen LogP contribution in [0.4, 0.5) is 8.78 Å². The number of hydrogen-bond donors (Lipinski definition) is 1. The number of rotatable bonds is 1. The largest absolute Gasteiger partial charge is 0.508 e. The van der Waals surface area contributed by atoms with Crippen LogP contribution in [0.25, 0.3) is 10.8 Å². The molecule has 0 aliphatic carbocycles. The molecule has 0 atom stereocenters. The Morgan fingerprint density at radius 2 is 1.75 bits per heavy atom. The van der Waals surface area contributed by atoms with Crippen LogP contribution in [0, 0.1) is 23.0 Å². The first-order valence-corrected chi connectivity index (χ1v) is 6.50. The summed E-state index contributed by atoms with van der Waals surface area (Å²) >= 11 is 0. The van der Waals surface area contributed by atoms with E-state index >= 15 is 0 Å². The second kappa shape index (κ2) is 6.33. The summed E-state index contributed by atoms with van der Waals surface area (Å²) < 4.78 is 27.0. The van der Waals surface area contributed by atoms with E-state index in [1.807, 2.05) is 27.7 Å². The van der Waals surface area contributed by atoms with Crippen molar-refractivity contribution in [3.8, 4) is 11.8 Å². The van der Waals surface area contributed by atoms with Crippen LogP contribution in [0.5, 0.6) is 5.75 Å². The zero-order valence-corrected chi connectivity index (χ0v) is 12.0. The van der Waals surface area contributed by atoms with Gasteiger partial charge in [-0.2, -0.15) is 5.26 Å². The van der Waals surface area contributed by atoms with Crippen molar-refractivity contribution in [2.75, 3.05) is 0 Å². The summed E-state index contributed by atoms with van der Waals surface area (Å²) in [5, 5.41) is 19.3. The number of nitrogens with zero attached hydrogens (tertiary/aromatic N) is 1. The van der Waals surface area contributed by atoms with Gasteiger partial charge < -0.3 is 5.11 Å². The van der Waals surface area contributed by atoms with Crippen LogP contribution in [0.15, 0.2) is 18.2 Å². The fraction of sp³-hybridized carbons (Fsp3) is 0.312. The van der Waals surface area contributed by atoms with Crippen molar-refractivity contribution < 1.29 is 13.9 Å². The number of nitriles is 1. The highest BCUT2D eigenvalue weighted by Crippen LogP contribution is 2.34. The fourth-order valence-corrected chi connectivity index (χ4v) is 2.06. The molecule has 2 aromatic carbocycles. The molecule has 0 radical (unpaired) electrons. The van der Waals surface area contributed by atoms with E-state index in [9.17, 15) is 13.9 Å². The number of benzene rings is 2. The Balaban J connectivity index is 0.000000956. The maximum atomic E-state index is 13.6. The molecule has 20 heavy (non-hydrogen) atoms. The molecule has 0 amide bonds. The van der Waals surface area contributed by atoms with E-state index in [1.54, 1.807) is 6.07 Å². The second-order valence-corrected chi connectivity index (χ2v) is 4.45. The van der Waals surface area contributed by atoms with Gasteiger partial charge in [0.25, 0.3) is 0 Å². The van der Waals surface area contributed by atoms with E-state index < -0.39 is 11.6 Å². The fourth-order valence-electron chi connectivity index (χ4n) is 2.06. The minimum Gasteiger partial charge on any atom is -0.508 e. The van der Waals surface area contributed by atoms with Gasteiger partial charge in [-0.3, -0.25) is 0 Å². The van der Waals surface area contributed by atoms with Crippen molar-refractivity contribution >= 4 is 10.8 Å².